The highest BCUT2D eigenvalue weighted by atomic mass is 35.5. The average Bonchev–Trinajstić information content (AvgIpc) is 2.67. The average molecular weight is 364 g/mol. The monoisotopic (exact) mass is 363 g/mol. The number of piperazine rings is 1. The van der Waals surface area contributed by atoms with Crippen molar-refractivity contribution in [1.29, 1.82) is 0 Å². The van der Waals surface area contributed by atoms with E-state index < -0.39 is 0 Å². The lowest BCUT2D eigenvalue weighted by molar-refractivity contribution is 0.392. The van der Waals surface area contributed by atoms with Crippen LogP contribution < -0.4 is 20.9 Å². The van der Waals surface area contributed by atoms with Crippen molar-refractivity contribution < 1.29 is 0 Å². The number of nitrogens with zero attached hydrogens (tertiary/aromatic N) is 4. The summed E-state index contributed by atoms with van der Waals surface area (Å²) in [4.78, 5) is 16.2. The van der Waals surface area contributed by atoms with Crippen molar-refractivity contribution in [3.05, 3.63) is 18.5 Å². The molecule has 0 unspecified atom stereocenters. The topological polar surface area (TPSA) is 78.0 Å². The summed E-state index contributed by atoms with van der Waals surface area (Å²) in [5.74, 6) is 2.50. The number of pyridine rings is 1. The Bertz CT molecular complexity index is 684. The fraction of sp³-hybridized carbons (Fsp3) is 0.588. The van der Waals surface area contributed by atoms with E-state index in [1.54, 1.807) is 12.4 Å². The SMILES string of the molecule is Cl.c1cnc2c(NC[C@H]3CCCNC3)nc(N3CCNCC3)cc2n1. The Kier molecular flexibility index (Phi) is 6.23. The second-order valence-corrected chi connectivity index (χ2v) is 6.58. The van der Waals surface area contributed by atoms with Crippen LogP contribution in [0.5, 0.6) is 0 Å². The highest BCUT2D eigenvalue weighted by molar-refractivity contribution is 5.87. The van der Waals surface area contributed by atoms with Crippen LogP contribution in [0.4, 0.5) is 11.6 Å². The third-order valence-corrected chi connectivity index (χ3v) is 4.84. The molecule has 136 valence electrons. The molecule has 3 N–H and O–H groups in total. The molecule has 2 aromatic rings. The van der Waals surface area contributed by atoms with Gasteiger partial charge < -0.3 is 20.9 Å². The molecule has 2 aliphatic rings. The normalized spacial score (nSPS) is 21.0. The Labute approximate surface area is 154 Å². The minimum Gasteiger partial charge on any atom is -0.368 e. The maximum atomic E-state index is 4.87. The number of hydrogen-bond donors (Lipinski definition) is 3. The van der Waals surface area contributed by atoms with E-state index >= 15 is 0 Å². The Hall–Kier alpha value is -1.70. The Morgan fingerprint density at radius 2 is 1.96 bits per heavy atom. The molecule has 2 saturated heterocycles. The van der Waals surface area contributed by atoms with Crippen LogP contribution >= 0.6 is 12.4 Å². The molecule has 25 heavy (non-hydrogen) atoms. The van der Waals surface area contributed by atoms with Gasteiger partial charge in [-0.3, -0.25) is 4.98 Å². The van der Waals surface area contributed by atoms with Crippen LogP contribution in [0.25, 0.3) is 11.0 Å². The fourth-order valence-corrected chi connectivity index (χ4v) is 3.48. The van der Waals surface area contributed by atoms with Crippen LogP contribution in [0.15, 0.2) is 18.5 Å². The molecule has 0 saturated carbocycles. The number of anilines is 2. The van der Waals surface area contributed by atoms with Gasteiger partial charge in [0.25, 0.3) is 0 Å². The number of rotatable bonds is 4. The zero-order valence-electron chi connectivity index (χ0n) is 14.4. The molecule has 4 heterocycles. The van der Waals surface area contributed by atoms with Gasteiger partial charge in [0.15, 0.2) is 5.82 Å². The Balaban J connectivity index is 0.00000182. The lowest BCUT2D eigenvalue weighted by atomic mass is 10.00. The van der Waals surface area contributed by atoms with E-state index in [2.05, 4.69) is 36.9 Å². The van der Waals surface area contributed by atoms with Crippen LogP contribution in [0.2, 0.25) is 0 Å². The van der Waals surface area contributed by atoms with Gasteiger partial charge in [-0.2, -0.15) is 0 Å². The van der Waals surface area contributed by atoms with Crippen LogP contribution in [0, 0.1) is 5.92 Å². The number of aromatic nitrogens is 3. The van der Waals surface area contributed by atoms with E-state index in [-0.39, 0.29) is 12.4 Å². The molecule has 1 atom stereocenters. The summed E-state index contributed by atoms with van der Waals surface area (Å²) >= 11 is 0. The predicted molar refractivity (Wildman–Crippen MR) is 104 cm³/mol. The number of hydrogen-bond acceptors (Lipinski definition) is 7. The van der Waals surface area contributed by atoms with Gasteiger partial charge in [-0.05, 0) is 31.8 Å². The van der Waals surface area contributed by atoms with Gasteiger partial charge in [0.1, 0.15) is 11.3 Å². The molecule has 0 bridgehead atoms. The number of halogens is 1. The van der Waals surface area contributed by atoms with Crippen molar-refractivity contribution in [3.63, 3.8) is 0 Å². The van der Waals surface area contributed by atoms with Crippen molar-refractivity contribution in [3.8, 4) is 0 Å². The molecular formula is C17H26ClN7. The Morgan fingerprint density at radius 3 is 2.76 bits per heavy atom. The second-order valence-electron chi connectivity index (χ2n) is 6.58. The summed E-state index contributed by atoms with van der Waals surface area (Å²) in [5.41, 5.74) is 1.77. The van der Waals surface area contributed by atoms with Crippen molar-refractivity contribution in [2.45, 2.75) is 12.8 Å². The van der Waals surface area contributed by atoms with E-state index in [1.807, 2.05) is 0 Å². The summed E-state index contributed by atoms with van der Waals surface area (Å²) in [6, 6.07) is 2.06. The van der Waals surface area contributed by atoms with Crippen molar-refractivity contribution in [1.82, 2.24) is 25.6 Å². The van der Waals surface area contributed by atoms with Gasteiger partial charge >= 0.3 is 0 Å². The van der Waals surface area contributed by atoms with Gasteiger partial charge in [0, 0.05) is 51.2 Å². The van der Waals surface area contributed by atoms with Gasteiger partial charge in [-0.15, -0.1) is 12.4 Å². The molecule has 0 spiro atoms. The molecule has 7 nitrogen and oxygen atoms in total. The van der Waals surface area contributed by atoms with Crippen LogP contribution in [0.3, 0.4) is 0 Å². The van der Waals surface area contributed by atoms with Gasteiger partial charge in [0.2, 0.25) is 0 Å². The smallest absolute Gasteiger partial charge is 0.156 e. The molecule has 8 heteroatoms. The largest absolute Gasteiger partial charge is 0.368 e. The summed E-state index contributed by atoms with van der Waals surface area (Å²) in [7, 11) is 0. The summed E-state index contributed by atoms with van der Waals surface area (Å²) < 4.78 is 0. The second kappa shape index (κ2) is 8.60. The zero-order valence-corrected chi connectivity index (χ0v) is 15.2. The highest BCUT2D eigenvalue weighted by Crippen LogP contribution is 2.24. The number of nitrogens with one attached hydrogen (secondary N) is 3. The van der Waals surface area contributed by atoms with Gasteiger partial charge in [0.05, 0.1) is 5.52 Å². The number of piperidine rings is 1. The third kappa shape index (κ3) is 4.29. The van der Waals surface area contributed by atoms with E-state index in [0.717, 1.165) is 68.5 Å². The molecule has 0 radical (unpaired) electrons. The van der Waals surface area contributed by atoms with E-state index in [0.29, 0.717) is 5.92 Å². The van der Waals surface area contributed by atoms with Crippen LogP contribution in [-0.2, 0) is 0 Å². The summed E-state index contributed by atoms with van der Waals surface area (Å²) in [6.45, 7) is 7.09. The first kappa shape index (κ1) is 18.1. The summed E-state index contributed by atoms with van der Waals surface area (Å²) in [6.07, 6.45) is 6.00. The molecule has 2 aliphatic heterocycles. The maximum absolute atomic E-state index is 4.87. The zero-order chi connectivity index (χ0) is 16.2. The molecule has 0 amide bonds. The lowest BCUT2D eigenvalue weighted by Crippen LogP contribution is -2.44. The molecular weight excluding hydrogens is 338 g/mol. The maximum Gasteiger partial charge on any atom is 0.156 e. The first-order valence-corrected chi connectivity index (χ1v) is 8.92. The predicted octanol–water partition coefficient (Wildman–Crippen LogP) is 1.27. The molecule has 2 fully saturated rings. The van der Waals surface area contributed by atoms with Gasteiger partial charge in [-0.25, -0.2) is 9.97 Å². The van der Waals surface area contributed by atoms with E-state index in [1.165, 1.54) is 12.8 Å². The minimum atomic E-state index is 0. The third-order valence-electron chi connectivity index (χ3n) is 4.84. The van der Waals surface area contributed by atoms with Crippen molar-refractivity contribution in [2.24, 2.45) is 5.92 Å². The van der Waals surface area contributed by atoms with E-state index in [9.17, 15) is 0 Å². The molecule has 0 aliphatic carbocycles. The van der Waals surface area contributed by atoms with E-state index in [4.69, 9.17) is 4.98 Å². The van der Waals surface area contributed by atoms with Crippen LogP contribution in [0.1, 0.15) is 12.8 Å². The summed E-state index contributed by atoms with van der Waals surface area (Å²) in [5, 5.41) is 10.4. The molecule has 4 rings (SSSR count). The van der Waals surface area contributed by atoms with Gasteiger partial charge in [-0.1, -0.05) is 0 Å². The van der Waals surface area contributed by atoms with Crippen molar-refractivity contribution in [2.75, 3.05) is 56.0 Å². The Morgan fingerprint density at radius 1 is 1.12 bits per heavy atom. The highest BCUT2D eigenvalue weighted by Gasteiger charge is 2.17. The molecule has 2 aromatic heterocycles. The first-order chi connectivity index (χ1) is 11.9. The lowest BCUT2D eigenvalue weighted by Gasteiger charge is -2.29. The standard InChI is InChI=1S/C17H25N7.ClH/c1-2-13(11-19-3-1)12-22-17-16-14(20-4-5-21-16)10-15(23-17)24-8-6-18-7-9-24;/h4-5,10,13,18-19H,1-3,6-9,11-12H2,(H,22,23);1H/t13-;/m0./s1. The van der Waals surface area contributed by atoms with Crippen LogP contribution in [-0.4, -0.2) is 60.8 Å². The first-order valence-electron chi connectivity index (χ1n) is 8.92. The quantitative estimate of drug-likeness (QED) is 0.755. The molecule has 0 aromatic carbocycles. The number of fused-ring (bicyclic) bond motifs is 1. The minimum absolute atomic E-state index is 0. The van der Waals surface area contributed by atoms with Crippen molar-refractivity contribution >= 4 is 35.1 Å². The fourth-order valence-electron chi connectivity index (χ4n) is 3.48.